The zero-order valence-corrected chi connectivity index (χ0v) is 23.4. The molecule has 11 nitrogen and oxygen atoms in total. The second kappa shape index (κ2) is 18.8. The third kappa shape index (κ3) is 13.1. The van der Waals surface area contributed by atoms with Gasteiger partial charge < -0.3 is 18.6 Å². The second-order valence-corrected chi connectivity index (χ2v) is 10.5. The zero-order valence-electron chi connectivity index (χ0n) is 22.6. The summed E-state index contributed by atoms with van der Waals surface area (Å²) in [7, 11) is -1.21. The lowest BCUT2D eigenvalue weighted by atomic mass is 10.0. The summed E-state index contributed by atoms with van der Waals surface area (Å²) in [6.45, 7) is 18.7. The molecule has 0 saturated heterocycles. The Labute approximate surface area is 221 Å². The highest BCUT2D eigenvalue weighted by Crippen LogP contribution is 2.45. The second-order valence-electron chi connectivity index (χ2n) is 9.03. The molecule has 0 aromatic heterocycles. The molecule has 1 amide bonds. The Balaban J connectivity index is 2.21. The molecule has 0 bridgehead atoms. The number of hydrogen-bond donors (Lipinski definition) is 1. The molecule has 1 aromatic carbocycles. The van der Waals surface area contributed by atoms with E-state index in [0.29, 0.717) is 31.9 Å². The van der Waals surface area contributed by atoms with Crippen LogP contribution in [0.5, 0.6) is 0 Å². The van der Waals surface area contributed by atoms with Gasteiger partial charge in [0.05, 0.1) is 18.1 Å². The first-order valence-electron chi connectivity index (χ1n) is 12.6. The number of hydroxylamine groups is 1. The fraction of sp³-hybridized carbons (Fsp3) is 0.680. The molecule has 0 aliphatic heterocycles. The minimum atomic E-state index is -1.21. The van der Waals surface area contributed by atoms with Crippen LogP contribution in [-0.4, -0.2) is 60.7 Å². The van der Waals surface area contributed by atoms with E-state index in [4.69, 9.17) is 25.2 Å². The number of carbonyl (C=O) groups excluding carboxylic acids is 1. The van der Waals surface area contributed by atoms with E-state index in [0.717, 1.165) is 25.7 Å². The van der Waals surface area contributed by atoms with E-state index in [1.807, 2.05) is 0 Å². The van der Waals surface area contributed by atoms with E-state index >= 15 is 0 Å². The highest BCUT2D eigenvalue weighted by molar-refractivity contribution is 7.44. The smallest absolute Gasteiger partial charge is 0.431 e. The molecule has 0 aliphatic rings. The minimum Gasteiger partial charge on any atom is -0.447 e. The van der Waals surface area contributed by atoms with Gasteiger partial charge >= 0.3 is 6.09 Å². The van der Waals surface area contributed by atoms with Crippen molar-refractivity contribution in [3.63, 3.8) is 0 Å². The van der Waals surface area contributed by atoms with Crippen LogP contribution < -0.4 is 5.48 Å². The molecule has 0 saturated carbocycles. The van der Waals surface area contributed by atoms with Gasteiger partial charge in [0.25, 0.3) is 14.2 Å². The molecule has 0 spiro atoms. The van der Waals surface area contributed by atoms with E-state index in [1.54, 1.807) is 25.1 Å². The van der Waals surface area contributed by atoms with Crippen LogP contribution in [0.4, 0.5) is 10.5 Å². The molecule has 0 heterocycles. The molecular weight excluding hydrogens is 499 g/mol. The number of nitro benzene ring substituents is 1. The molecule has 1 N–H and O–H groups in total. The van der Waals surface area contributed by atoms with E-state index in [-0.39, 0.29) is 30.3 Å². The number of para-hydroxylation sites is 1. The molecule has 0 aliphatic carbocycles. The number of nitro groups is 1. The fourth-order valence-electron chi connectivity index (χ4n) is 3.58. The van der Waals surface area contributed by atoms with Crippen molar-refractivity contribution >= 4 is 20.3 Å². The van der Waals surface area contributed by atoms with Gasteiger partial charge in [-0.25, -0.2) is 16.0 Å². The highest BCUT2D eigenvalue weighted by Gasteiger charge is 2.27. The minimum absolute atomic E-state index is 0.00191. The molecule has 37 heavy (non-hydrogen) atoms. The van der Waals surface area contributed by atoms with Crippen LogP contribution >= 0.6 is 8.53 Å². The van der Waals surface area contributed by atoms with Gasteiger partial charge in [-0.2, -0.15) is 5.48 Å². The topological polar surface area (TPSA) is 117 Å². The maximum atomic E-state index is 11.8. The van der Waals surface area contributed by atoms with Crippen LogP contribution in [0.3, 0.4) is 0 Å². The predicted molar refractivity (Wildman–Crippen MR) is 143 cm³/mol. The summed E-state index contributed by atoms with van der Waals surface area (Å²) in [4.78, 5) is 31.1. The monoisotopic (exact) mass is 540 g/mol. The van der Waals surface area contributed by atoms with E-state index in [1.165, 1.54) is 6.07 Å². The van der Waals surface area contributed by atoms with Crippen molar-refractivity contribution in [3.8, 4) is 0 Å². The largest absolute Gasteiger partial charge is 0.447 e. The number of hydrogen-bond acceptors (Lipinski definition) is 8. The Morgan fingerprint density at radius 3 is 2.30 bits per heavy atom. The summed E-state index contributed by atoms with van der Waals surface area (Å²) in [5.41, 5.74) is 2.75. The van der Waals surface area contributed by atoms with Crippen molar-refractivity contribution < 1.29 is 28.3 Å². The quantitative estimate of drug-likeness (QED) is 0.0723. The molecule has 0 radical (unpaired) electrons. The van der Waals surface area contributed by atoms with Gasteiger partial charge in [-0.05, 0) is 40.5 Å². The normalized spacial score (nSPS) is 12.9. The van der Waals surface area contributed by atoms with Crippen molar-refractivity contribution in [2.45, 2.75) is 78.3 Å². The van der Waals surface area contributed by atoms with Crippen LogP contribution in [0.25, 0.3) is 4.85 Å². The first kappa shape index (κ1) is 32.7. The SMILES string of the molecule is [C-]#[N+]CCOP(OCCCCCCONC(=O)OCC(C)c1ccccc1[N+](=O)[O-])N(C(C)C)C(C)C. The number of amides is 1. The van der Waals surface area contributed by atoms with Crippen molar-refractivity contribution in [1.29, 1.82) is 0 Å². The summed E-state index contributed by atoms with van der Waals surface area (Å²) in [6, 6.07) is 6.94. The van der Waals surface area contributed by atoms with E-state index < -0.39 is 19.5 Å². The Bertz CT molecular complexity index is 843. The lowest BCUT2D eigenvalue weighted by Crippen LogP contribution is -2.33. The van der Waals surface area contributed by atoms with E-state index in [2.05, 4.69) is 42.7 Å². The summed E-state index contributed by atoms with van der Waals surface area (Å²) in [5, 5.41) is 11.1. The van der Waals surface area contributed by atoms with Crippen LogP contribution in [0, 0.1) is 16.7 Å². The number of nitrogens with zero attached hydrogens (tertiary/aromatic N) is 3. The number of carbonyl (C=O) groups is 1. The van der Waals surface area contributed by atoms with Gasteiger partial charge in [-0.15, -0.1) is 0 Å². The Hall–Kier alpha value is -2.35. The van der Waals surface area contributed by atoms with Crippen LogP contribution in [-0.2, 0) is 18.6 Å². The zero-order chi connectivity index (χ0) is 27.6. The number of unbranched alkanes of at least 4 members (excludes halogenated alkanes) is 3. The lowest BCUT2D eigenvalue weighted by molar-refractivity contribution is -0.385. The number of ether oxygens (including phenoxy) is 1. The van der Waals surface area contributed by atoms with Gasteiger partial charge in [0, 0.05) is 29.6 Å². The number of benzene rings is 1. The molecule has 2 unspecified atom stereocenters. The third-order valence-corrected chi connectivity index (χ3v) is 7.39. The van der Waals surface area contributed by atoms with Crippen molar-refractivity contribution in [1.82, 2.24) is 10.2 Å². The molecule has 0 fully saturated rings. The molecule has 1 rings (SSSR count). The number of rotatable bonds is 19. The van der Waals surface area contributed by atoms with Crippen LogP contribution in [0.15, 0.2) is 24.3 Å². The summed E-state index contributed by atoms with van der Waals surface area (Å²) < 4.78 is 19.3. The Morgan fingerprint density at radius 2 is 1.68 bits per heavy atom. The maximum Gasteiger partial charge on any atom is 0.431 e. The highest BCUT2D eigenvalue weighted by atomic mass is 31.2. The molecule has 208 valence electrons. The summed E-state index contributed by atoms with van der Waals surface area (Å²) in [5.74, 6) is -0.332. The van der Waals surface area contributed by atoms with E-state index in [9.17, 15) is 14.9 Å². The first-order chi connectivity index (χ1) is 17.7. The Morgan fingerprint density at radius 1 is 1.05 bits per heavy atom. The third-order valence-electron chi connectivity index (χ3n) is 5.28. The van der Waals surface area contributed by atoms with Gasteiger partial charge in [0.2, 0.25) is 6.54 Å². The van der Waals surface area contributed by atoms with Crippen molar-refractivity contribution in [2.75, 3.05) is 33.0 Å². The summed E-state index contributed by atoms with van der Waals surface area (Å²) in [6.07, 6.45) is 2.74. The standard InChI is InChI=1S/C25H41N4O7P/c1-20(2)28(21(3)4)37(36-18-15-26-6)35-17-12-8-7-11-16-34-27-25(30)33-19-22(5)23-13-9-10-14-24(23)29(31)32/h9-10,13-14,20-22H,7-8,11-12,15-19H2,1-5H3,(H,27,30). The fourth-order valence-corrected chi connectivity index (χ4v) is 5.20. The predicted octanol–water partition coefficient (Wildman–Crippen LogP) is 6.21. The van der Waals surface area contributed by atoms with Gasteiger partial charge in [-0.1, -0.05) is 38.0 Å². The molecular formula is C25H41N4O7P. The van der Waals surface area contributed by atoms with Crippen LogP contribution in [0.1, 0.15) is 71.8 Å². The van der Waals surface area contributed by atoms with Crippen molar-refractivity contribution in [2.24, 2.45) is 0 Å². The van der Waals surface area contributed by atoms with Gasteiger partial charge in [0.1, 0.15) is 13.2 Å². The van der Waals surface area contributed by atoms with Gasteiger partial charge in [-0.3, -0.25) is 15.0 Å². The number of nitrogens with one attached hydrogen (secondary N) is 1. The molecule has 2 atom stereocenters. The van der Waals surface area contributed by atoms with Gasteiger partial charge in [0.15, 0.2) is 0 Å². The molecule has 12 heteroatoms. The molecule has 1 aromatic rings. The Kier molecular flexibility index (Phi) is 16.6. The lowest BCUT2D eigenvalue weighted by Gasteiger charge is -2.35. The van der Waals surface area contributed by atoms with Crippen molar-refractivity contribution in [3.05, 3.63) is 51.4 Å². The average Bonchev–Trinajstić information content (AvgIpc) is 2.85. The summed E-state index contributed by atoms with van der Waals surface area (Å²) >= 11 is 0. The maximum absolute atomic E-state index is 11.8. The first-order valence-corrected chi connectivity index (χ1v) is 13.8. The van der Waals surface area contributed by atoms with Crippen LogP contribution in [0.2, 0.25) is 0 Å². The average molecular weight is 541 g/mol.